The van der Waals surface area contributed by atoms with Gasteiger partial charge in [0.05, 0.1) is 0 Å². The van der Waals surface area contributed by atoms with Crippen molar-refractivity contribution in [3.05, 3.63) is 51.7 Å². The number of carbonyl (C=O) groups excluding carboxylic acids is 1. The highest BCUT2D eigenvalue weighted by Gasteiger charge is 2.30. The number of carbonyl (C=O) groups is 1. The zero-order valence-electron chi connectivity index (χ0n) is 11.0. The first-order valence-corrected chi connectivity index (χ1v) is 7.56. The molecule has 0 aliphatic heterocycles. The van der Waals surface area contributed by atoms with Crippen LogP contribution in [0.15, 0.2) is 35.0 Å². The number of nitrogens with zero attached hydrogens (tertiary/aromatic N) is 1. The van der Waals surface area contributed by atoms with Crippen molar-refractivity contribution in [2.24, 2.45) is 0 Å². The maximum Gasteiger partial charge on any atom is 0.152 e. The molecular weight excluding hydrogens is 254 g/mol. The summed E-state index contributed by atoms with van der Waals surface area (Å²) in [5.41, 5.74) is 4.35. The van der Waals surface area contributed by atoms with E-state index in [0.29, 0.717) is 6.04 Å². The molecule has 19 heavy (non-hydrogen) atoms. The highest BCUT2D eigenvalue weighted by atomic mass is 32.1. The highest BCUT2D eigenvalue weighted by molar-refractivity contribution is 7.07. The van der Waals surface area contributed by atoms with Gasteiger partial charge >= 0.3 is 0 Å². The molecule has 1 saturated carbocycles. The third-order valence-corrected chi connectivity index (χ3v) is 4.27. The van der Waals surface area contributed by atoms with Gasteiger partial charge in [0, 0.05) is 23.8 Å². The zero-order chi connectivity index (χ0) is 13.2. The van der Waals surface area contributed by atoms with Crippen LogP contribution in [0.1, 0.15) is 34.3 Å². The van der Waals surface area contributed by atoms with Gasteiger partial charge in [-0.1, -0.05) is 11.6 Å². The van der Waals surface area contributed by atoms with Gasteiger partial charge < -0.3 is 4.90 Å². The molecule has 0 bridgehead atoms. The lowest BCUT2D eigenvalue weighted by atomic mass is 10.1. The monoisotopic (exact) mass is 271 g/mol. The molecule has 0 amide bonds. The molecule has 98 valence electrons. The Morgan fingerprint density at radius 1 is 1.37 bits per heavy atom. The lowest BCUT2D eigenvalue weighted by Gasteiger charge is -2.26. The van der Waals surface area contributed by atoms with Crippen LogP contribution in [0, 0.1) is 6.92 Å². The Kier molecular flexibility index (Phi) is 3.38. The van der Waals surface area contributed by atoms with Crippen LogP contribution >= 0.6 is 11.3 Å². The Balaban J connectivity index is 1.93. The molecule has 1 aliphatic carbocycles. The highest BCUT2D eigenvalue weighted by Crippen LogP contribution is 2.35. The summed E-state index contributed by atoms with van der Waals surface area (Å²) in [6, 6.07) is 8.91. The Hall–Kier alpha value is -1.61. The SMILES string of the molecule is Cc1ccc(N(Cc2ccsc2)C2CC2)c(C=O)c1. The van der Waals surface area contributed by atoms with E-state index in [-0.39, 0.29) is 0 Å². The third kappa shape index (κ3) is 2.71. The van der Waals surface area contributed by atoms with Gasteiger partial charge in [-0.05, 0) is 54.3 Å². The van der Waals surface area contributed by atoms with Crippen LogP contribution in [0.2, 0.25) is 0 Å². The molecule has 0 N–H and O–H groups in total. The molecule has 1 heterocycles. The average molecular weight is 271 g/mol. The van der Waals surface area contributed by atoms with Crippen molar-refractivity contribution < 1.29 is 4.79 Å². The average Bonchev–Trinajstić information content (AvgIpc) is 3.13. The van der Waals surface area contributed by atoms with Gasteiger partial charge in [0.1, 0.15) is 0 Å². The van der Waals surface area contributed by atoms with Crippen molar-refractivity contribution in [1.82, 2.24) is 0 Å². The van der Waals surface area contributed by atoms with E-state index in [2.05, 4.69) is 33.9 Å². The molecule has 1 fully saturated rings. The molecule has 1 aliphatic rings. The molecule has 3 rings (SSSR count). The minimum atomic E-state index is 0.598. The summed E-state index contributed by atoms with van der Waals surface area (Å²) < 4.78 is 0. The lowest BCUT2D eigenvalue weighted by molar-refractivity contribution is 0.112. The molecule has 2 nitrogen and oxygen atoms in total. The number of aldehydes is 1. The van der Waals surface area contributed by atoms with Gasteiger partial charge in [0.2, 0.25) is 0 Å². The number of aryl methyl sites for hydroxylation is 1. The molecule has 2 aromatic rings. The van der Waals surface area contributed by atoms with Crippen LogP contribution in [0.3, 0.4) is 0 Å². The van der Waals surface area contributed by atoms with Crippen molar-refractivity contribution in [1.29, 1.82) is 0 Å². The normalized spacial score (nSPS) is 14.4. The zero-order valence-corrected chi connectivity index (χ0v) is 11.8. The van der Waals surface area contributed by atoms with E-state index in [1.54, 1.807) is 11.3 Å². The van der Waals surface area contributed by atoms with Crippen LogP contribution in [-0.2, 0) is 6.54 Å². The maximum atomic E-state index is 11.3. The molecule has 1 aromatic heterocycles. The van der Waals surface area contributed by atoms with Crippen LogP contribution in [0.4, 0.5) is 5.69 Å². The van der Waals surface area contributed by atoms with E-state index in [0.717, 1.165) is 29.6 Å². The Labute approximate surface area is 117 Å². The lowest BCUT2D eigenvalue weighted by Crippen LogP contribution is -2.25. The third-order valence-electron chi connectivity index (χ3n) is 3.54. The Morgan fingerprint density at radius 3 is 2.84 bits per heavy atom. The van der Waals surface area contributed by atoms with Crippen molar-refractivity contribution in [2.45, 2.75) is 32.4 Å². The number of hydrogen-bond donors (Lipinski definition) is 0. The van der Waals surface area contributed by atoms with E-state index >= 15 is 0 Å². The molecule has 0 unspecified atom stereocenters. The van der Waals surface area contributed by atoms with Crippen LogP contribution in [0.5, 0.6) is 0 Å². The molecule has 3 heteroatoms. The van der Waals surface area contributed by atoms with E-state index in [9.17, 15) is 4.79 Å². The van der Waals surface area contributed by atoms with Gasteiger partial charge in [-0.15, -0.1) is 0 Å². The fourth-order valence-corrected chi connectivity index (χ4v) is 3.07. The summed E-state index contributed by atoms with van der Waals surface area (Å²) in [5, 5.41) is 4.29. The second kappa shape index (κ2) is 5.17. The van der Waals surface area contributed by atoms with Crippen molar-refractivity contribution in [3.63, 3.8) is 0 Å². The topological polar surface area (TPSA) is 20.3 Å². The van der Waals surface area contributed by atoms with E-state index in [4.69, 9.17) is 0 Å². The minimum Gasteiger partial charge on any atom is -0.364 e. The van der Waals surface area contributed by atoms with Gasteiger partial charge in [-0.3, -0.25) is 4.79 Å². The van der Waals surface area contributed by atoms with E-state index in [1.807, 2.05) is 13.0 Å². The Bertz CT molecular complexity index is 572. The summed E-state index contributed by atoms with van der Waals surface area (Å²) in [7, 11) is 0. The van der Waals surface area contributed by atoms with E-state index < -0.39 is 0 Å². The predicted molar refractivity (Wildman–Crippen MR) is 80.1 cm³/mol. The first kappa shape index (κ1) is 12.4. The predicted octanol–water partition coefficient (Wildman–Crippen LogP) is 4.04. The van der Waals surface area contributed by atoms with Crippen LogP contribution in [-0.4, -0.2) is 12.3 Å². The standard InChI is InChI=1S/C16H17NOS/c1-12-2-5-16(14(8-12)10-18)17(15-3-4-15)9-13-6-7-19-11-13/h2,5-8,10-11,15H,3-4,9H2,1H3. The fourth-order valence-electron chi connectivity index (χ4n) is 2.41. The number of thiophene rings is 1. The van der Waals surface area contributed by atoms with Crippen LogP contribution < -0.4 is 4.90 Å². The first-order chi connectivity index (χ1) is 9.28. The quantitative estimate of drug-likeness (QED) is 0.765. The summed E-state index contributed by atoms with van der Waals surface area (Å²) >= 11 is 1.73. The number of rotatable bonds is 5. The second-order valence-electron chi connectivity index (χ2n) is 5.17. The fraction of sp³-hybridized carbons (Fsp3) is 0.312. The molecule has 0 atom stereocenters. The number of benzene rings is 1. The minimum absolute atomic E-state index is 0.598. The second-order valence-corrected chi connectivity index (χ2v) is 5.95. The number of anilines is 1. The van der Waals surface area contributed by atoms with E-state index in [1.165, 1.54) is 18.4 Å². The van der Waals surface area contributed by atoms with Crippen LogP contribution in [0.25, 0.3) is 0 Å². The largest absolute Gasteiger partial charge is 0.364 e. The molecule has 0 spiro atoms. The smallest absolute Gasteiger partial charge is 0.152 e. The summed E-state index contributed by atoms with van der Waals surface area (Å²) in [5.74, 6) is 0. The Morgan fingerprint density at radius 2 is 2.21 bits per heavy atom. The first-order valence-electron chi connectivity index (χ1n) is 6.61. The van der Waals surface area contributed by atoms with Crippen molar-refractivity contribution >= 4 is 23.3 Å². The summed E-state index contributed by atoms with van der Waals surface area (Å²) in [4.78, 5) is 13.7. The van der Waals surface area contributed by atoms with Crippen molar-refractivity contribution in [2.75, 3.05) is 4.90 Å². The van der Waals surface area contributed by atoms with Gasteiger partial charge in [-0.25, -0.2) is 0 Å². The van der Waals surface area contributed by atoms with Gasteiger partial charge in [0.15, 0.2) is 6.29 Å². The summed E-state index contributed by atoms with van der Waals surface area (Å²) in [6.07, 6.45) is 3.44. The molecular formula is C16H17NOS. The number of hydrogen-bond acceptors (Lipinski definition) is 3. The molecule has 1 aromatic carbocycles. The molecule has 0 saturated heterocycles. The molecule has 0 radical (unpaired) electrons. The van der Waals surface area contributed by atoms with Gasteiger partial charge in [-0.2, -0.15) is 11.3 Å². The summed E-state index contributed by atoms with van der Waals surface area (Å²) in [6.45, 7) is 2.93. The van der Waals surface area contributed by atoms with Gasteiger partial charge in [0.25, 0.3) is 0 Å². The van der Waals surface area contributed by atoms with Crippen molar-refractivity contribution in [3.8, 4) is 0 Å². The maximum absolute atomic E-state index is 11.3.